The highest BCUT2D eigenvalue weighted by atomic mass is 32.2. The van der Waals surface area contributed by atoms with Crippen LogP contribution in [0.3, 0.4) is 0 Å². The number of benzene rings is 3. The number of aryl methyl sites for hydroxylation is 1. The van der Waals surface area contributed by atoms with Crippen molar-refractivity contribution in [1.82, 2.24) is 0 Å². The largest absolute Gasteiger partial charge is 0.506 e. The number of ketones is 1. The number of nitrogens with one attached hydrogen (secondary N) is 1. The number of aromatic hydroxyl groups is 2. The molecule has 4 bridgehead atoms. The van der Waals surface area contributed by atoms with Crippen LogP contribution < -0.4 is 5.32 Å². The Labute approximate surface area is 283 Å². The predicted molar refractivity (Wildman–Crippen MR) is 182 cm³/mol. The van der Waals surface area contributed by atoms with E-state index in [-0.39, 0.29) is 47.4 Å². The van der Waals surface area contributed by atoms with Crippen LogP contribution in [0.2, 0.25) is 0 Å². The molecule has 4 fully saturated rings. The fraction of sp³-hybridized carbons (Fsp3) is 0.359. The van der Waals surface area contributed by atoms with E-state index < -0.39 is 34.4 Å². The molecule has 1 spiro atoms. The normalized spacial score (nSPS) is 29.5. The van der Waals surface area contributed by atoms with Gasteiger partial charge in [0.2, 0.25) is 5.91 Å². The molecular weight excluding hydrogens is 626 g/mol. The summed E-state index contributed by atoms with van der Waals surface area (Å²) in [4.78, 5) is 40.9. The van der Waals surface area contributed by atoms with Gasteiger partial charge in [0.15, 0.2) is 11.5 Å². The Morgan fingerprint density at radius 3 is 2.52 bits per heavy atom. The van der Waals surface area contributed by atoms with Crippen LogP contribution in [-0.2, 0) is 14.3 Å². The van der Waals surface area contributed by atoms with Gasteiger partial charge in [-0.1, -0.05) is 60.4 Å². The first-order chi connectivity index (χ1) is 22.8. The third-order valence-corrected chi connectivity index (χ3v) is 11.9. The number of Topliss-reactive ketones (excluding diaryl/α,β-unsaturated/α-hetero) is 1. The summed E-state index contributed by atoms with van der Waals surface area (Å²) in [6, 6.07) is 18.1. The molecule has 48 heavy (non-hydrogen) atoms. The first-order valence-corrected chi connectivity index (χ1v) is 17.0. The van der Waals surface area contributed by atoms with Crippen molar-refractivity contribution in [3.05, 3.63) is 93.9 Å². The summed E-state index contributed by atoms with van der Waals surface area (Å²) in [6.07, 6.45) is 4.87. The van der Waals surface area contributed by atoms with Crippen molar-refractivity contribution in [3.8, 4) is 23.3 Å². The van der Waals surface area contributed by atoms with Gasteiger partial charge in [-0.3, -0.25) is 9.59 Å². The van der Waals surface area contributed by atoms with Crippen LogP contribution in [0.5, 0.6) is 11.5 Å². The summed E-state index contributed by atoms with van der Waals surface area (Å²) in [7, 11) is 0. The van der Waals surface area contributed by atoms with Crippen molar-refractivity contribution in [2.75, 3.05) is 5.32 Å². The monoisotopic (exact) mass is 663 g/mol. The van der Waals surface area contributed by atoms with E-state index in [4.69, 9.17) is 4.74 Å². The van der Waals surface area contributed by atoms with Crippen LogP contribution >= 0.6 is 11.8 Å². The number of hydrogen-bond acceptors (Lipinski definition) is 7. The molecule has 2 aliphatic heterocycles. The molecule has 3 aromatic carbocycles. The number of carbonyl (C=O) groups excluding carboxylic acids is 2. The van der Waals surface area contributed by atoms with E-state index in [1.807, 2.05) is 62.4 Å². The maximum atomic E-state index is 14.6. The second-order valence-corrected chi connectivity index (χ2v) is 15.3. The Kier molecular flexibility index (Phi) is 7.73. The van der Waals surface area contributed by atoms with Crippen LogP contribution in [-0.4, -0.2) is 44.7 Å². The van der Waals surface area contributed by atoms with Gasteiger partial charge in [0.1, 0.15) is 17.0 Å². The highest BCUT2D eigenvalue weighted by Gasteiger charge is 2.72. The number of anilines is 1. The van der Waals surface area contributed by atoms with Crippen molar-refractivity contribution in [1.29, 1.82) is 0 Å². The Bertz CT molecular complexity index is 1960. The number of hydrogen-bond donors (Lipinski definition) is 4. The number of thioether (sulfide) groups is 1. The lowest BCUT2D eigenvalue weighted by Gasteiger charge is -2.56. The van der Waals surface area contributed by atoms with Gasteiger partial charge in [-0.05, 0) is 93.3 Å². The summed E-state index contributed by atoms with van der Waals surface area (Å²) >= 11 is 1.44. The van der Waals surface area contributed by atoms with Gasteiger partial charge in [-0.2, -0.15) is 0 Å². The fourth-order valence-corrected chi connectivity index (χ4v) is 10.0. The number of rotatable bonds is 7. The van der Waals surface area contributed by atoms with E-state index in [9.17, 15) is 29.7 Å². The predicted octanol–water partition coefficient (Wildman–Crippen LogP) is 7.06. The van der Waals surface area contributed by atoms with Crippen LogP contribution in [0.25, 0.3) is 0 Å². The molecule has 8 rings (SSSR count). The quantitative estimate of drug-likeness (QED) is 0.156. The average Bonchev–Trinajstić information content (AvgIpc) is 3.41. The molecule has 246 valence electrons. The van der Waals surface area contributed by atoms with E-state index in [0.29, 0.717) is 10.8 Å². The summed E-state index contributed by atoms with van der Waals surface area (Å²) in [5.41, 5.74) is 0.736. The molecule has 3 aromatic rings. The molecule has 9 heteroatoms. The average molecular weight is 664 g/mol. The Balaban J connectivity index is 1.16. The number of carboxylic acid groups (broad SMARTS) is 1. The number of phenolic OH excluding ortho intramolecular Hbond substituents is 1. The van der Waals surface area contributed by atoms with Crippen LogP contribution in [0.15, 0.2) is 76.5 Å². The minimum Gasteiger partial charge on any atom is -0.506 e. The minimum absolute atomic E-state index is 0.0341. The van der Waals surface area contributed by atoms with Crippen molar-refractivity contribution in [2.24, 2.45) is 22.7 Å². The van der Waals surface area contributed by atoms with Gasteiger partial charge < -0.3 is 25.4 Å². The number of aromatic carboxylic acids is 1. The van der Waals surface area contributed by atoms with E-state index in [1.54, 1.807) is 0 Å². The molecule has 5 aliphatic rings. The Morgan fingerprint density at radius 2 is 1.79 bits per heavy atom. The molecule has 2 heterocycles. The molecule has 1 amide bonds. The minimum atomic E-state index is -1.39. The molecule has 0 radical (unpaired) electrons. The SMILES string of the molecule is Cc1ccc(C#Cc2cccc(SC3=C[C@]45C[C@H]6C[C@H](O[C@@]6(C)C4)[C@H]5[C@](C)(CCC(=O)Nc4c(O)ccc(C(=O)O)c4O)C3=O)c2)cc1. The summed E-state index contributed by atoms with van der Waals surface area (Å²) in [5.74, 6) is 3.61. The highest BCUT2D eigenvalue weighted by molar-refractivity contribution is 8.04. The number of phenols is 2. The Morgan fingerprint density at radius 1 is 1.04 bits per heavy atom. The molecule has 0 unspecified atom stereocenters. The number of amides is 1. The molecule has 3 aliphatic carbocycles. The first-order valence-electron chi connectivity index (χ1n) is 16.2. The van der Waals surface area contributed by atoms with Gasteiger partial charge in [-0.25, -0.2) is 4.79 Å². The second kappa shape index (κ2) is 11.6. The molecule has 4 N–H and O–H groups in total. The topological polar surface area (TPSA) is 133 Å². The number of carboxylic acids is 1. The smallest absolute Gasteiger partial charge is 0.339 e. The zero-order valence-corrected chi connectivity index (χ0v) is 27.8. The van der Waals surface area contributed by atoms with Crippen molar-refractivity contribution >= 4 is 35.1 Å². The van der Waals surface area contributed by atoms with E-state index in [1.165, 1.54) is 17.3 Å². The van der Waals surface area contributed by atoms with Crippen LogP contribution in [0, 0.1) is 41.4 Å². The molecular formula is C39H37NO7S. The van der Waals surface area contributed by atoms with E-state index >= 15 is 0 Å². The third kappa shape index (κ3) is 5.37. The standard InChI is InChI=1S/C39H37NO7S/c1-22-7-9-23(10-8-22)11-12-24-5-4-6-26(17-24)48-30-20-39-19-25-18-29(47-38(25,3)21-39)34(39)37(2,35(30)44)16-15-31(42)40-32-28(41)14-13-27(33(32)43)36(45)46/h4-10,13-14,17,20,25,29,34,41,43H,15-16,18-19,21H2,1-3H3,(H,40,42)(H,45,46)/t25-,29+,34+,37+,38+,39-/m1/s1. The molecule has 8 nitrogen and oxygen atoms in total. The van der Waals surface area contributed by atoms with Gasteiger partial charge in [0, 0.05) is 33.8 Å². The van der Waals surface area contributed by atoms with Crippen molar-refractivity contribution < 1.29 is 34.4 Å². The highest BCUT2D eigenvalue weighted by Crippen LogP contribution is 2.72. The first kappa shape index (κ1) is 32.0. The van der Waals surface area contributed by atoms with E-state index in [2.05, 4.69) is 30.2 Å². The second-order valence-electron chi connectivity index (χ2n) is 14.2. The lowest BCUT2D eigenvalue weighted by atomic mass is 9.51. The molecule has 2 saturated carbocycles. The van der Waals surface area contributed by atoms with Gasteiger partial charge in [0.05, 0.1) is 16.6 Å². The van der Waals surface area contributed by atoms with Crippen molar-refractivity contribution in [3.63, 3.8) is 0 Å². The molecule has 0 aromatic heterocycles. The molecule has 6 atom stereocenters. The Hall–Kier alpha value is -4.52. The number of ether oxygens (including phenoxy) is 1. The number of allylic oxidation sites excluding steroid dienone is 2. The lowest BCUT2D eigenvalue weighted by Crippen LogP contribution is -2.57. The zero-order valence-electron chi connectivity index (χ0n) is 27.0. The van der Waals surface area contributed by atoms with E-state index in [0.717, 1.165) is 47.4 Å². The molecule has 2 saturated heterocycles. The lowest BCUT2D eigenvalue weighted by molar-refractivity contribution is -0.169. The zero-order chi connectivity index (χ0) is 34.0. The maximum absolute atomic E-state index is 14.6. The summed E-state index contributed by atoms with van der Waals surface area (Å²) < 4.78 is 6.63. The number of carbonyl (C=O) groups is 3. The van der Waals surface area contributed by atoms with Gasteiger partial charge in [-0.15, -0.1) is 0 Å². The summed E-state index contributed by atoms with van der Waals surface area (Å²) in [6.45, 7) is 6.17. The van der Waals surface area contributed by atoms with Crippen LogP contribution in [0.1, 0.15) is 73.0 Å². The van der Waals surface area contributed by atoms with Gasteiger partial charge >= 0.3 is 5.97 Å². The summed E-state index contributed by atoms with van der Waals surface area (Å²) in [5, 5.41) is 32.6. The fourth-order valence-electron chi connectivity index (χ4n) is 8.84. The van der Waals surface area contributed by atoms with Crippen LogP contribution in [0.4, 0.5) is 5.69 Å². The van der Waals surface area contributed by atoms with Crippen molar-refractivity contribution in [2.45, 2.75) is 69.5 Å². The van der Waals surface area contributed by atoms with Gasteiger partial charge in [0.25, 0.3) is 0 Å². The maximum Gasteiger partial charge on any atom is 0.339 e. The third-order valence-electron chi connectivity index (χ3n) is 10.9.